The van der Waals surface area contributed by atoms with Crippen molar-refractivity contribution in [2.75, 3.05) is 13.7 Å². The van der Waals surface area contributed by atoms with E-state index in [0.29, 0.717) is 17.2 Å². The van der Waals surface area contributed by atoms with Crippen LogP contribution in [0.4, 0.5) is 0 Å². The zero-order chi connectivity index (χ0) is 16.9. The number of aromatic nitrogens is 1. The molecular weight excluding hydrogens is 328 g/mol. The van der Waals surface area contributed by atoms with Gasteiger partial charge in [0, 0.05) is 19.4 Å². The zero-order valence-corrected chi connectivity index (χ0v) is 13.9. The number of nitrogens with zero attached hydrogens (tertiary/aromatic N) is 2. The first-order valence-corrected chi connectivity index (χ1v) is 8.17. The van der Waals surface area contributed by atoms with Crippen LogP contribution in [0.1, 0.15) is 15.4 Å². The third kappa shape index (κ3) is 3.57. The van der Waals surface area contributed by atoms with Gasteiger partial charge in [0.15, 0.2) is 6.61 Å². The van der Waals surface area contributed by atoms with Gasteiger partial charge in [0.05, 0.1) is 18.5 Å². The molecule has 0 aliphatic rings. The predicted octanol–water partition coefficient (Wildman–Crippen LogP) is 2.95. The van der Waals surface area contributed by atoms with Crippen LogP contribution in [0.15, 0.2) is 58.8 Å². The van der Waals surface area contributed by atoms with Crippen LogP contribution < -0.4 is 0 Å². The molecule has 0 spiro atoms. The summed E-state index contributed by atoms with van der Waals surface area (Å²) in [4.78, 5) is 26.2. The number of thiophene rings is 1. The van der Waals surface area contributed by atoms with Crippen LogP contribution in [0.5, 0.6) is 0 Å². The van der Waals surface area contributed by atoms with Crippen LogP contribution in [-0.4, -0.2) is 35.0 Å². The number of amides is 1. The summed E-state index contributed by atoms with van der Waals surface area (Å²) < 4.78 is 12.2. The van der Waals surface area contributed by atoms with E-state index >= 15 is 0 Å². The van der Waals surface area contributed by atoms with E-state index in [1.165, 1.54) is 16.2 Å². The third-order valence-corrected chi connectivity index (χ3v) is 4.32. The summed E-state index contributed by atoms with van der Waals surface area (Å²) in [5.74, 6) is -0.127. The van der Waals surface area contributed by atoms with E-state index in [1.807, 2.05) is 40.5 Å². The molecule has 0 aliphatic carbocycles. The Morgan fingerprint density at radius 2 is 2.04 bits per heavy atom. The van der Waals surface area contributed by atoms with Gasteiger partial charge in [-0.3, -0.25) is 4.79 Å². The fourth-order valence-electron chi connectivity index (χ4n) is 2.18. The molecular formula is C17H16N2O4S. The van der Waals surface area contributed by atoms with Gasteiger partial charge in [0.1, 0.15) is 10.6 Å². The lowest BCUT2D eigenvalue weighted by atomic mass is 10.4. The van der Waals surface area contributed by atoms with Crippen LogP contribution in [0.25, 0.3) is 5.69 Å². The number of hydrogen-bond donors (Lipinski definition) is 0. The van der Waals surface area contributed by atoms with E-state index in [-0.39, 0.29) is 12.5 Å². The van der Waals surface area contributed by atoms with E-state index in [2.05, 4.69) is 0 Å². The van der Waals surface area contributed by atoms with E-state index in [9.17, 15) is 9.59 Å². The molecule has 0 atom stereocenters. The van der Waals surface area contributed by atoms with Crippen molar-refractivity contribution < 1.29 is 18.7 Å². The number of likely N-dealkylation sites (N-methyl/N-ethyl adjacent to an activating group) is 1. The van der Waals surface area contributed by atoms with Crippen LogP contribution in [-0.2, 0) is 16.1 Å². The smallest absolute Gasteiger partial charge is 0.350 e. The SMILES string of the molecule is CN(Cc1ccco1)C(=O)COC(=O)c1sccc1-n1cccc1. The van der Waals surface area contributed by atoms with Gasteiger partial charge in [-0.2, -0.15) is 0 Å². The van der Waals surface area contributed by atoms with E-state index in [0.717, 1.165) is 5.69 Å². The molecule has 3 heterocycles. The number of carbonyl (C=O) groups is 2. The molecule has 6 nitrogen and oxygen atoms in total. The number of carbonyl (C=O) groups excluding carboxylic acids is 2. The van der Waals surface area contributed by atoms with Crippen molar-refractivity contribution in [2.24, 2.45) is 0 Å². The molecule has 0 unspecified atom stereocenters. The van der Waals surface area contributed by atoms with Crippen molar-refractivity contribution in [3.63, 3.8) is 0 Å². The Balaban J connectivity index is 1.58. The Morgan fingerprint density at radius 3 is 2.75 bits per heavy atom. The molecule has 0 saturated carbocycles. The van der Waals surface area contributed by atoms with Crippen molar-refractivity contribution in [1.29, 1.82) is 0 Å². The van der Waals surface area contributed by atoms with Gasteiger partial charge in [0.2, 0.25) is 0 Å². The molecule has 0 bridgehead atoms. The van der Waals surface area contributed by atoms with Gasteiger partial charge in [0.25, 0.3) is 5.91 Å². The minimum Gasteiger partial charge on any atom is -0.467 e. The first-order chi connectivity index (χ1) is 11.6. The molecule has 0 radical (unpaired) electrons. The highest BCUT2D eigenvalue weighted by atomic mass is 32.1. The van der Waals surface area contributed by atoms with Crippen molar-refractivity contribution in [2.45, 2.75) is 6.54 Å². The highest BCUT2D eigenvalue weighted by Crippen LogP contribution is 2.22. The molecule has 0 saturated heterocycles. The van der Waals surface area contributed by atoms with Gasteiger partial charge < -0.3 is 18.6 Å². The van der Waals surface area contributed by atoms with E-state index < -0.39 is 5.97 Å². The Bertz CT molecular complexity index is 806. The lowest BCUT2D eigenvalue weighted by molar-refractivity contribution is -0.133. The first kappa shape index (κ1) is 16.1. The van der Waals surface area contributed by atoms with Crippen LogP contribution in [0, 0.1) is 0 Å². The van der Waals surface area contributed by atoms with E-state index in [1.54, 1.807) is 25.4 Å². The molecule has 124 valence electrons. The van der Waals surface area contributed by atoms with Crippen LogP contribution >= 0.6 is 11.3 Å². The molecule has 1 amide bonds. The molecule has 3 rings (SSSR count). The Hall–Kier alpha value is -2.80. The number of esters is 1. The largest absolute Gasteiger partial charge is 0.467 e. The van der Waals surface area contributed by atoms with Crippen LogP contribution in [0.3, 0.4) is 0 Å². The van der Waals surface area contributed by atoms with E-state index in [4.69, 9.17) is 9.15 Å². The monoisotopic (exact) mass is 344 g/mol. The number of hydrogen-bond acceptors (Lipinski definition) is 5. The average Bonchev–Trinajstić information content (AvgIpc) is 3.32. The topological polar surface area (TPSA) is 64.7 Å². The zero-order valence-electron chi connectivity index (χ0n) is 13.0. The fraction of sp³-hybridized carbons (Fsp3) is 0.176. The molecule has 3 aromatic rings. The maximum Gasteiger partial charge on any atom is 0.350 e. The summed E-state index contributed by atoms with van der Waals surface area (Å²) in [6.45, 7) is 0.0239. The number of furan rings is 1. The summed E-state index contributed by atoms with van der Waals surface area (Å²) in [5, 5.41) is 1.82. The molecule has 0 fully saturated rings. The lowest BCUT2D eigenvalue weighted by Gasteiger charge is -2.15. The molecule has 7 heteroatoms. The number of ether oxygens (including phenoxy) is 1. The van der Waals surface area contributed by atoms with Gasteiger partial charge in [-0.25, -0.2) is 4.79 Å². The Morgan fingerprint density at radius 1 is 1.25 bits per heavy atom. The van der Waals surface area contributed by atoms with Crippen molar-refractivity contribution in [3.05, 3.63) is 65.0 Å². The fourth-order valence-corrected chi connectivity index (χ4v) is 2.96. The standard InChI is InChI=1S/C17H16N2O4S/c1-18(11-13-5-4-9-22-13)15(20)12-23-17(21)16-14(6-10-24-16)19-7-2-3-8-19/h2-10H,11-12H2,1H3. The van der Waals surface area contributed by atoms with Crippen molar-refractivity contribution in [1.82, 2.24) is 9.47 Å². The number of rotatable bonds is 6. The predicted molar refractivity (Wildman–Crippen MR) is 89.1 cm³/mol. The third-order valence-electron chi connectivity index (χ3n) is 3.44. The highest BCUT2D eigenvalue weighted by Gasteiger charge is 2.18. The maximum absolute atomic E-state index is 12.3. The average molecular weight is 344 g/mol. The Labute approximate surface area is 142 Å². The summed E-state index contributed by atoms with van der Waals surface area (Å²) in [5.41, 5.74) is 0.742. The highest BCUT2D eigenvalue weighted by molar-refractivity contribution is 7.12. The molecule has 3 aromatic heterocycles. The van der Waals surface area contributed by atoms with Crippen molar-refractivity contribution >= 4 is 23.2 Å². The molecule has 0 aromatic carbocycles. The van der Waals surface area contributed by atoms with Gasteiger partial charge in [-0.15, -0.1) is 11.3 Å². The normalized spacial score (nSPS) is 10.5. The second kappa shape index (κ2) is 7.18. The van der Waals surface area contributed by atoms with Gasteiger partial charge in [-0.1, -0.05) is 0 Å². The molecule has 24 heavy (non-hydrogen) atoms. The minimum atomic E-state index is -0.506. The molecule has 0 N–H and O–H groups in total. The minimum absolute atomic E-state index is 0.293. The Kier molecular flexibility index (Phi) is 4.81. The summed E-state index contributed by atoms with van der Waals surface area (Å²) in [6.07, 6.45) is 5.25. The summed E-state index contributed by atoms with van der Waals surface area (Å²) in [7, 11) is 1.63. The van der Waals surface area contributed by atoms with Gasteiger partial charge in [-0.05, 0) is 35.7 Å². The molecule has 0 aliphatic heterocycles. The van der Waals surface area contributed by atoms with Gasteiger partial charge >= 0.3 is 5.97 Å². The van der Waals surface area contributed by atoms with Crippen LogP contribution in [0.2, 0.25) is 0 Å². The van der Waals surface area contributed by atoms with Crippen molar-refractivity contribution in [3.8, 4) is 5.69 Å². The first-order valence-electron chi connectivity index (χ1n) is 7.29. The quantitative estimate of drug-likeness (QED) is 0.645. The lowest BCUT2D eigenvalue weighted by Crippen LogP contribution is -2.30. The summed E-state index contributed by atoms with van der Waals surface area (Å²) in [6, 6.07) is 9.13. The maximum atomic E-state index is 12.3. The second-order valence-corrected chi connectivity index (χ2v) is 6.05. The summed E-state index contributed by atoms with van der Waals surface area (Å²) >= 11 is 1.28. The second-order valence-electron chi connectivity index (χ2n) is 5.13.